The lowest BCUT2D eigenvalue weighted by atomic mass is 9.87. The number of aromatic nitrogens is 1. The van der Waals surface area contributed by atoms with E-state index in [0.29, 0.717) is 19.4 Å². The topological polar surface area (TPSA) is 59.4 Å². The molecule has 2 aromatic rings. The fourth-order valence-electron chi connectivity index (χ4n) is 2.22. The number of benzene rings is 1. The van der Waals surface area contributed by atoms with E-state index in [1.54, 1.807) is 12.3 Å². The fraction of sp³-hybridized carbons (Fsp3) is 0.368. The van der Waals surface area contributed by atoms with Crippen LogP contribution in [0.15, 0.2) is 48.7 Å². The molecule has 122 valence electrons. The van der Waals surface area contributed by atoms with Crippen LogP contribution >= 0.6 is 0 Å². The van der Waals surface area contributed by atoms with E-state index in [1.165, 1.54) is 0 Å². The Hall–Kier alpha value is -2.20. The molecule has 0 unspecified atom stereocenters. The molecule has 0 fully saturated rings. The van der Waals surface area contributed by atoms with Crippen LogP contribution < -0.4 is 0 Å². The van der Waals surface area contributed by atoms with Crippen LogP contribution in [0.5, 0.6) is 0 Å². The number of ether oxygens (including phenoxy) is 1. The Kier molecular flexibility index (Phi) is 5.88. The molecule has 0 aliphatic heterocycles. The van der Waals surface area contributed by atoms with Crippen molar-refractivity contribution in [2.24, 2.45) is 5.41 Å². The lowest BCUT2D eigenvalue weighted by Crippen LogP contribution is -2.27. The molecule has 4 heteroatoms. The standard InChI is InChI=1S/C19H23NO3/c1-19(2,10-8-17-12-16(13-21)9-11-20-17)18(22)23-14-15-6-4-3-5-7-15/h3-7,9,11-12,21H,8,10,13-14H2,1-2H3. The molecule has 0 bridgehead atoms. The molecule has 0 atom stereocenters. The van der Waals surface area contributed by atoms with Crippen LogP contribution in [0.1, 0.15) is 37.1 Å². The number of carbonyl (C=O) groups excluding carboxylic acids is 1. The second kappa shape index (κ2) is 7.88. The van der Waals surface area contributed by atoms with Gasteiger partial charge in [0.1, 0.15) is 6.61 Å². The summed E-state index contributed by atoms with van der Waals surface area (Å²) in [5.41, 5.74) is 2.11. The summed E-state index contributed by atoms with van der Waals surface area (Å²) in [4.78, 5) is 16.6. The number of hydrogen-bond acceptors (Lipinski definition) is 4. The Labute approximate surface area is 137 Å². The highest BCUT2D eigenvalue weighted by atomic mass is 16.5. The third-order valence-corrected chi connectivity index (χ3v) is 3.84. The summed E-state index contributed by atoms with van der Waals surface area (Å²) in [7, 11) is 0. The quantitative estimate of drug-likeness (QED) is 0.797. The molecule has 0 saturated heterocycles. The summed E-state index contributed by atoms with van der Waals surface area (Å²) in [5, 5.41) is 9.15. The van der Waals surface area contributed by atoms with E-state index < -0.39 is 5.41 Å². The normalized spacial score (nSPS) is 11.3. The third-order valence-electron chi connectivity index (χ3n) is 3.84. The number of carbonyl (C=O) groups is 1. The van der Waals surface area contributed by atoms with Crippen molar-refractivity contribution in [3.63, 3.8) is 0 Å². The number of aliphatic hydroxyl groups excluding tert-OH is 1. The third kappa shape index (κ3) is 5.18. The zero-order valence-electron chi connectivity index (χ0n) is 13.7. The molecule has 0 amide bonds. The summed E-state index contributed by atoms with van der Waals surface area (Å²) in [6.07, 6.45) is 2.99. The zero-order valence-corrected chi connectivity index (χ0v) is 13.7. The zero-order chi connectivity index (χ0) is 16.7. The van der Waals surface area contributed by atoms with Gasteiger partial charge in [0.05, 0.1) is 12.0 Å². The van der Waals surface area contributed by atoms with Crippen LogP contribution in [-0.2, 0) is 29.2 Å². The average Bonchev–Trinajstić information content (AvgIpc) is 2.59. The van der Waals surface area contributed by atoms with Gasteiger partial charge in [0.2, 0.25) is 0 Å². The summed E-state index contributed by atoms with van der Waals surface area (Å²) in [6.45, 7) is 4.06. The van der Waals surface area contributed by atoms with Crippen molar-refractivity contribution >= 4 is 5.97 Å². The van der Waals surface area contributed by atoms with Crippen LogP contribution in [0.3, 0.4) is 0 Å². The molecule has 1 aromatic heterocycles. The monoisotopic (exact) mass is 313 g/mol. The van der Waals surface area contributed by atoms with E-state index in [0.717, 1.165) is 16.8 Å². The number of pyridine rings is 1. The lowest BCUT2D eigenvalue weighted by molar-refractivity contribution is -0.155. The van der Waals surface area contributed by atoms with Crippen LogP contribution in [0.4, 0.5) is 0 Å². The van der Waals surface area contributed by atoms with Crippen LogP contribution in [0, 0.1) is 5.41 Å². The van der Waals surface area contributed by atoms with Gasteiger partial charge in [0.15, 0.2) is 0 Å². The number of hydrogen-bond donors (Lipinski definition) is 1. The first-order valence-corrected chi connectivity index (χ1v) is 7.77. The van der Waals surface area contributed by atoms with E-state index in [-0.39, 0.29) is 12.6 Å². The smallest absolute Gasteiger partial charge is 0.311 e. The lowest BCUT2D eigenvalue weighted by Gasteiger charge is -2.22. The summed E-state index contributed by atoms with van der Waals surface area (Å²) in [5.74, 6) is -0.209. The van der Waals surface area contributed by atoms with Gasteiger partial charge < -0.3 is 9.84 Å². The highest BCUT2D eigenvalue weighted by molar-refractivity contribution is 5.75. The number of rotatable bonds is 7. The van der Waals surface area contributed by atoms with Gasteiger partial charge in [0.25, 0.3) is 0 Å². The molecule has 0 spiro atoms. The molecule has 2 rings (SSSR count). The Morgan fingerprint density at radius 2 is 1.91 bits per heavy atom. The minimum Gasteiger partial charge on any atom is -0.460 e. The fourth-order valence-corrected chi connectivity index (χ4v) is 2.22. The van der Waals surface area contributed by atoms with Crippen LogP contribution in [0.25, 0.3) is 0 Å². The van der Waals surface area contributed by atoms with Crippen molar-refractivity contribution < 1.29 is 14.6 Å². The molecule has 1 N–H and O–H groups in total. The number of esters is 1. The van der Waals surface area contributed by atoms with Crippen molar-refractivity contribution in [2.75, 3.05) is 0 Å². The second-order valence-electron chi connectivity index (χ2n) is 6.26. The molecule has 0 aliphatic rings. The predicted molar refractivity (Wildman–Crippen MR) is 88.5 cm³/mol. The predicted octanol–water partition coefficient (Wildman–Crippen LogP) is 3.28. The maximum absolute atomic E-state index is 12.3. The minimum atomic E-state index is -0.578. The molecule has 1 aromatic carbocycles. The molecule has 23 heavy (non-hydrogen) atoms. The largest absolute Gasteiger partial charge is 0.460 e. The maximum Gasteiger partial charge on any atom is 0.311 e. The molecular weight excluding hydrogens is 290 g/mol. The first-order chi connectivity index (χ1) is 11.0. The van der Waals surface area contributed by atoms with Crippen LogP contribution in [0.2, 0.25) is 0 Å². The Morgan fingerprint density at radius 1 is 1.17 bits per heavy atom. The van der Waals surface area contributed by atoms with Crippen molar-refractivity contribution in [1.82, 2.24) is 4.98 Å². The second-order valence-corrected chi connectivity index (χ2v) is 6.26. The molecule has 0 radical (unpaired) electrons. The van der Waals surface area contributed by atoms with E-state index in [1.807, 2.05) is 50.2 Å². The highest BCUT2D eigenvalue weighted by Gasteiger charge is 2.29. The van der Waals surface area contributed by atoms with Crippen LogP contribution in [-0.4, -0.2) is 16.1 Å². The first kappa shape index (κ1) is 17.2. The molecule has 4 nitrogen and oxygen atoms in total. The van der Waals surface area contributed by atoms with Gasteiger partial charge in [-0.1, -0.05) is 30.3 Å². The van der Waals surface area contributed by atoms with Crippen molar-refractivity contribution in [1.29, 1.82) is 0 Å². The number of nitrogens with zero attached hydrogens (tertiary/aromatic N) is 1. The number of aliphatic hydroxyl groups is 1. The van der Waals surface area contributed by atoms with Gasteiger partial charge in [0, 0.05) is 11.9 Å². The van der Waals surface area contributed by atoms with Gasteiger partial charge in [-0.2, -0.15) is 0 Å². The SMILES string of the molecule is CC(C)(CCc1cc(CO)ccn1)C(=O)OCc1ccccc1. The summed E-state index contributed by atoms with van der Waals surface area (Å²) < 4.78 is 5.43. The first-order valence-electron chi connectivity index (χ1n) is 7.77. The van der Waals surface area contributed by atoms with E-state index in [9.17, 15) is 4.79 Å². The average molecular weight is 313 g/mol. The molecular formula is C19H23NO3. The maximum atomic E-state index is 12.3. The highest BCUT2D eigenvalue weighted by Crippen LogP contribution is 2.25. The van der Waals surface area contributed by atoms with Gasteiger partial charge in [-0.15, -0.1) is 0 Å². The van der Waals surface area contributed by atoms with E-state index in [4.69, 9.17) is 9.84 Å². The Balaban J connectivity index is 1.88. The van der Waals surface area contributed by atoms with Gasteiger partial charge in [-0.3, -0.25) is 9.78 Å². The van der Waals surface area contributed by atoms with E-state index >= 15 is 0 Å². The Morgan fingerprint density at radius 3 is 2.61 bits per heavy atom. The number of aryl methyl sites for hydroxylation is 1. The van der Waals surface area contributed by atoms with Gasteiger partial charge >= 0.3 is 5.97 Å². The van der Waals surface area contributed by atoms with Gasteiger partial charge in [-0.05, 0) is 49.9 Å². The van der Waals surface area contributed by atoms with E-state index in [2.05, 4.69) is 4.98 Å². The molecule has 1 heterocycles. The van der Waals surface area contributed by atoms with Crippen molar-refractivity contribution in [3.05, 3.63) is 65.5 Å². The Bertz CT molecular complexity index is 638. The van der Waals surface area contributed by atoms with Gasteiger partial charge in [-0.25, -0.2) is 0 Å². The van der Waals surface area contributed by atoms with Crippen molar-refractivity contribution in [2.45, 2.75) is 39.9 Å². The summed E-state index contributed by atoms with van der Waals surface area (Å²) >= 11 is 0. The minimum absolute atomic E-state index is 0.00195. The molecule has 0 aliphatic carbocycles. The van der Waals surface area contributed by atoms with Crippen molar-refractivity contribution in [3.8, 4) is 0 Å². The molecule has 0 saturated carbocycles. The summed E-state index contributed by atoms with van der Waals surface area (Å²) in [6, 6.07) is 13.3.